The van der Waals surface area contributed by atoms with Gasteiger partial charge in [-0.15, -0.1) is 0 Å². The number of hydrogen-bond acceptors (Lipinski definition) is 3. The first-order chi connectivity index (χ1) is 13.4. The maximum absolute atomic E-state index is 12.6. The van der Waals surface area contributed by atoms with Crippen LogP contribution in [0.25, 0.3) is 0 Å². The van der Waals surface area contributed by atoms with E-state index in [-0.39, 0.29) is 23.2 Å². The van der Waals surface area contributed by atoms with Gasteiger partial charge in [0.25, 0.3) is 11.8 Å². The third-order valence-electron chi connectivity index (χ3n) is 4.15. The van der Waals surface area contributed by atoms with Crippen LogP contribution in [-0.4, -0.2) is 16.8 Å². The molecule has 0 radical (unpaired) electrons. The van der Waals surface area contributed by atoms with E-state index in [1.807, 2.05) is 24.3 Å². The van der Waals surface area contributed by atoms with Crippen molar-refractivity contribution in [2.24, 2.45) is 0 Å². The number of carbonyl (C=O) groups excluding carboxylic acids is 2. The van der Waals surface area contributed by atoms with Gasteiger partial charge in [-0.25, -0.2) is 4.98 Å². The molecule has 0 fully saturated rings. The number of hydrogen-bond donors (Lipinski definition) is 2. The summed E-state index contributed by atoms with van der Waals surface area (Å²) < 4.78 is 0. The van der Waals surface area contributed by atoms with Gasteiger partial charge in [0.15, 0.2) is 0 Å². The van der Waals surface area contributed by atoms with Crippen LogP contribution in [0.1, 0.15) is 46.3 Å². The van der Waals surface area contributed by atoms with Crippen LogP contribution in [0.2, 0.25) is 5.02 Å². The molecule has 1 aromatic heterocycles. The zero-order valence-electron chi connectivity index (χ0n) is 15.6. The molecule has 142 valence electrons. The first-order valence-corrected chi connectivity index (χ1v) is 9.26. The Kier molecular flexibility index (Phi) is 6.06. The largest absolute Gasteiger partial charge is 0.321 e. The van der Waals surface area contributed by atoms with Crippen molar-refractivity contribution in [1.82, 2.24) is 4.98 Å². The molecule has 2 aromatic carbocycles. The minimum Gasteiger partial charge on any atom is -0.321 e. The smallest absolute Gasteiger partial charge is 0.274 e. The van der Waals surface area contributed by atoms with Crippen LogP contribution in [0, 0.1) is 0 Å². The second-order valence-corrected chi connectivity index (χ2v) is 7.00. The van der Waals surface area contributed by atoms with Crippen molar-refractivity contribution in [3.63, 3.8) is 0 Å². The van der Waals surface area contributed by atoms with Gasteiger partial charge in [0.2, 0.25) is 0 Å². The molecule has 0 bridgehead atoms. The highest BCUT2D eigenvalue weighted by molar-refractivity contribution is 6.30. The van der Waals surface area contributed by atoms with Crippen LogP contribution in [0.15, 0.2) is 66.7 Å². The fourth-order valence-corrected chi connectivity index (χ4v) is 2.84. The third kappa shape index (κ3) is 4.75. The van der Waals surface area contributed by atoms with Crippen molar-refractivity contribution < 1.29 is 9.59 Å². The maximum Gasteiger partial charge on any atom is 0.274 e. The molecule has 28 heavy (non-hydrogen) atoms. The minimum absolute atomic E-state index is 0.153. The highest BCUT2D eigenvalue weighted by Gasteiger charge is 2.15. The van der Waals surface area contributed by atoms with Gasteiger partial charge in [0.05, 0.1) is 0 Å². The SMILES string of the molecule is CC(C)c1ccccc1NC(=O)c1cccc(C(=O)Nc2ccc(Cl)cc2)n1. The summed E-state index contributed by atoms with van der Waals surface area (Å²) in [6.07, 6.45) is 0. The number of benzene rings is 2. The summed E-state index contributed by atoms with van der Waals surface area (Å²) >= 11 is 5.85. The zero-order chi connectivity index (χ0) is 20.1. The number of aromatic nitrogens is 1. The Balaban J connectivity index is 1.76. The fourth-order valence-electron chi connectivity index (χ4n) is 2.72. The number of pyridine rings is 1. The third-order valence-corrected chi connectivity index (χ3v) is 4.40. The molecule has 2 N–H and O–H groups in total. The maximum atomic E-state index is 12.6. The van der Waals surface area contributed by atoms with E-state index in [1.165, 1.54) is 0 Å². The number of rotatable bonds is 5. The molecule has 0 aliphatic carbocycles. The van der Waals surface area contributed by atoms with Gasteiger partial charge >= 0.3 is 0 Å². The van der Waals surface area contributed by atoms with E-state index >= 15 is 0 Å². The van der Waals surface area contributed by atoms with Crippen molar-refractivity contribution >= 4 is 34.8 Å². The lowest BCUT2D eigenvalue weighted by atomic mass is 10.0. The van der Waals surface area contributed by atoms with E-state index in [9.17, 15) is 9.59 Å². The highest BCUT2D eigenvalue weighted by atomic mass is 35.5. The Labute approximate surface area is 168 Å². The predicted molar refractivity (Wildman–Crippen MR) is 112 cm³/mol. The van der Waals surface area contributed by atoms with Crippen molar-refractivity contribution in [1.29, 1.82) is 0 Å². The second-order valence-electron chi connectivity index (χ2n) is 6.57. The van der Waals surface area contributed by atoms with Gasteiger partial charge in [0, 0.05) is 16.4 Å². The summed E-state index contributed by atoms with van der Waals surface area (Å²) in [7, 11) is 0. The second kappa shape index (κ2) is 8.67. The van der Waals surface area contributed by atoms with E-state index in [0.29, 0.717) is 10.7 Å². The van der Waals surface area contributed by atoms with E-state index in [0.717, 1.165) is 11.3 Å². The molecule has 0 saturated heterocycles. The molecule has 0 atom stereocenters. The average Bonchev–Trinajstić information content (AvgIpc) is 2.70. The summed E-state index contributed by atoms with van der Waals surface area (Å²) in [6, 6.07) is 19.1. The molecule has 0 unspecified atom stereocenters. The van der Waals surface area contributed by atoms with Crippen LogP contribution < -0.4 is 10.6 Å². The lowest BCUT2D eigenvalue weighted by molar-refractivity contribution is 0.101. The Bertz CT molecular complexity index is 1000. The van der Waals surface area contributed by atoms with E-state index in [1.54, 1.807) is 42.5 Å². The summed E-state index contributed by atoms with van der Waals surface area (Å²) in [5.41, 5.74) is 2.69. The molecule has 1 heterocycles. The monoisotopic (exact) mass is 393 g/mol. The van der Waals surface area contributed by atoms with Crippen LogP contribution in [0.5, 0.6) is 0 Å². The summed E-state index contributed by atoms with van der Waals surface area (Å²) in [6.45, 7) is 4.12. The number of anilines is 2. The standard InChI is InChI=1S/C22H20ClN3O2/c1-14(2)17-6-3-4-7-18(17)26-22(28)20-9-5-8-19(25-20)21(27)24-16-12-10-15(23)11-13-16/h3-14H,1-2H3,(H,24,27)(H,26,28). The lowest BCUT2D eigenvalue weighted by Gasteiger charge is -2.13. The zero-order valence-corrected chi connectivity index (χ0v) is 16.3. The summed E-state index contributed by atoms with van der Waals surface area (Å²) in [5, 5.41) is 6.20. The van der Waals surface area contributed by atoms with Crippen LogP contribution >= 0.6 is 11.6 Å². The molecule has 3 rings (SSSR count). The van der Waals surface area contributed by atoms with Crippen LogP contribution in [0.4, 0.5) is 11.4 Å². The van der Waals surface area contributed by atoms with Crippen LogP contribution in [0.3, 0.4) is 0 Å². The number of carbonyl (C=O) groups is 2. The van der Waals surface area contributed by atoms with Gasteiger partial charge in [0.1, 0.15) is 11.4 Å². The number of amides is 2. The molecule has 2 amide bonds. The normalized spacial score (nSPS) is 10.6. The number of nitrogens with zero attached hydrogens (tertiary/aromatic N) is 1. The first-order valence-electron chi connectivity index (χ1n) is 8.88. The average molecular weight is 394 g/mol. The lowest BCUT2D eigenvalue weighted by Crippen LogP contribution is -2.19. The van der Waals surface area contributed by atoms with E-state index in [4.69, 9.17) is 11.6 Å². The highest BCUT2D eigenvalue weighted by Crippen LogP contribution is 2.24. The number of para-hydroxylation sites is 1. The molecule has 0 saturated carbocycles. The number of halogens is 1. The van der Waals surface area contributed by atoms with Crippen molar-refractivity contribution in [3.05, 3.63) is 88.7 Å². The molecular weight excluding hydrogens is 374 g/mol. The topological polar surface area (TPSA) is 71.1 Å². The van der Waals surface area contributed by atoms with Gasteiger partial charge in [-0.2, -0.15) is 0 Å². The Morgan fingerprint density at radius 3 is 2.07 bits per heavy atom. The fraction of sp³-hybridized carbons (Fsp3) is 0.136. The van der Waals surface area contributed by atoms with Crippen molar-refractivity contribution in [3.8, 4) is 0 Å². The quantitative estimate of drug-likeness (QED) is 0.612. The molecule has 6 heteroatoms. The van der Waals surface area contributed by atoms with Crippen molar-refractivity contribution in [2.75, 3.05) is 10.6 Å². The molecule has 0 aliphatic heterocycles. The van der Waals surface area contributed by atoms with E-state index < -0.39 is 5.91 Å². The molecule has 0 spiro atoms. The molecule has 5 nitrogen and oxygen atoms in total. The molecular formula is C22H20ClN3O2. The van der Waals surface area contributed by atoms with Crippen LogP contribution in [-0.2, 0) is 0 Å². The first kappa shape index (κ1) is 19.6. The number of nitrogens with one attached hydrogen (secondary N) is 2. The van der Waals surface area contributed by atoms with Gasteiger partial charge in [-0.3, -0.25) is 9.59 Å². The Morgan fingerprint density at radius 1 is 0.821 bits per heavy atom. The van der Waals surface area contributed by atoms with Gasteiger partial charge in [-0.05, 0) is 53.9 Å². The Morgan fingerprint density at radius 2 is 1.43 bits per heavy atom. The predicted octanol–water partition coefficient (Wildman–Crippen LogP) is 5.36. The molecule has 0 aliphatic rings. The Hall–Kier alpha value is -3.18. The summed E-state index contributed by atoms with van der Waals surface area (Å²) in [4.78, 5) is 29.3. The van der Waals surface area contributed by atoms with E-state index in [2.05, 4.69) is 29.5 Å². The molecule has 3 aromatic rings. The van der Waals surface area contributed by atoms with Gasteiger partial charge in [-0.1, -0.05) is 49.7 Å². The van der Waals surface area contributed by atoms with Crippen molar-refractivity contribution in [2.45, 2.75) is 19.8 Å². The minimum atomic E-state index is -0.403. The van der Waals surface area contributed by atoms with Gasteiger partial charge < -0.3 is 10.6 Å². The summed E-state index contributed by atoms with van der Waals surface area (Å²) in [5.74, 6) is -0.505.